The molecule has 0 fully saturated rings. The molecule has 32 heavy (non-hydrogen) atoms. The lowest BCUT2D eigenvalue weighted by Crippen LogP contribution is -2.46. The van der Waals surface area contributed by atoms with Crippen LogP contribution in [0.1, 0.15) is 16.1 Å². The minimum Gasteiger partial charge on any atom is -0.461 e. The van der Waals surface area contributed by atoms with Crippen molar-refractivity contribution in [1.82, 2.24) is 5.32 Å². The van der Waals surface area contributed by atoms with Crippen molar-refractivity contribution in [3.8, 4) is 16.2 Å². The summed E-state index contributed by atoms with van der Waals surface area (Å²) < 4.78 is 5.19. The highest BCUT2D eigenvalue weighted by atomic mass is 35.5. The lowest BCUT2D eigenvalue weighted by molar-refractivity contribution is -0.166. The number of halogens is 1. The lowest BCUT2D eigenvalue weighted by atomic mass is 10.1. The number of hydrogen-bond acceptors (Lipinski definition) is 9. The Bertz CT molecular complexity index is 957. The molecular weight excluding hydrogens is 466 g/mol. The van der Waals surface area contributed by atoms with Gasteiger partial charge in [0.1, 0.15) is 22.8 Å². The van der Waals surface area contributed by atoms with Crippen LogP contribution in [0.5, 0.6) is 5.75 Å². The van der Waals surface area contributed by atoms with Gasteiger partial charge in [0.05, 0.1) is 16.8 Å². The molecule has 13 heteroatoms. The van der Waals surface area contributed by atoms with E-state index in [1.807, 2.05) is 0 Å². The molecule has 0 saturated heterocycles. The predicted molar refractivity (Wildman–Crippen MR) is 118 cm³/mol. The third kappa shape index (κ3) is 6.29. The Morgan fingerprint density at radius 2 is 1.88 bits per heavy atom. The fourth-order valence-corrected chi connectivity index (χ4v) is 3.97. The van der Waals surface area contributed by atoms with Crippen LogP contribution < -0.4 is 21.1 Å². The molecule has 11 nitrogen and oxygen atoms in total. The molecule has 1 aromatic heterocycles. The maximum Gasteiger partial charge on any atom is 0.316 e. The monoisotopic (exact) mass is 489 g/mol. The SMILES string of the molecule is CNC(=O)c1sc(-c2ccc(OC(O)C(O)C(O)C(O)CCO)c(Cl)c2)cc1NC(N)=O. The first-order valence-electron chi connectivity index (χ1n) is 9.31. The number of hydrogen-bond donors (Lipinski definition) is 8. The molecule has 0 aliphatic rings. The summed E-state index contributed by atoms with van der Waals surface area (Å²) in [7, 11) is 1.44. The summed E-state index contributed by atoms with van der Waals surface area (Å²) >= 11 is 7.29. The maximum absolute atomic E-state index is 12.1. The summed E-state index contributed by atoms with van der Waals surface area (Å²) in [6.45, 7) is -0.420. The van der Waals surface area contributed by atoms with Crippen LogP contribution in [0.4, 0.5) is 10.5 Å². The number of rotatable bonds is 10. The van der Waals surface area contributed by atoms with E-state index < -0.39 is 43.1 Å². The minimum absolute atomic E-state index is 0.0237. The number of nitrogens with one attached hydrogen (secondary N) is 2. The normalized spacial score (nSPS) is 14.8. The van der Waals surface area contributed by atoms with Crippen molar-refractivity contribution in [2.45, 2.75) is 31.0 Å². The van der Waals surface area contributed by atoms with Gasteiger partial charge >= 0.3 is 6.03 Å². The van der Waals surface area contributed by atoms with E-state index in [1.54, 1.807) is 12.1 Å². The summed E-state index contributed by atoms with van der Waals surface area (Å²) in [6.07, 6.45) is -7.23. The fourth-order valence-electron chi connectivity index (χ4n) is 2.69. The van der Waals surface area contributed by atoms with Gasteiger partial charge in [0.2, 0.25) is 6.29 Å². The second-order valence-electron chi connectivity index (χ2n) is 6.64. The topological polar surface area (TPSA) is 195 Å². The van der Waals surface area contributed by atoms with E-state index in [0.29, 0.717) is 10.4 Å². The Hall–Kier alpha value is -2.45. The van der Waals surface area contributed by atoms with Gasteiger partial charge in [-0.1, -0.05) is 11.6 Å². The molecular formula is C19H24ClN3O8S. The highest BCUT2D eigenvalue weighted by Crippen LogP contribution is 2.38. The number of urea groups is 1. The lowest BCUT2D eigenvalue weighted by Gasteiger charge is -2.26. The Labute approximate surface area is 192 Å². The third-order valence-corrected chi connectivity index (χ3v) is 5.83. The average molecular weight is 490 g/mol. The quantitative estimate of drug-likeness (QED) is 0.215. The van der Waals surface area contributed by atoms with Gasteiger partial charge in [0.25, 0.3) is 5.91 Å². The van der Waals surface area contributed by atoms with Gasteiger partial charge in [-0.25, -0.2) is 4.79 Å². The molecule has 2 rings (SSSR count). The van der Waals surface area contributed by atoms with Crippen LogP contribution in [-0.4, -0.2) is 75.7 Å². The van der Waals surface area contributed by atoms with Crippen LogP contribution >= 0.6 is 22.9 Å². The molecule has 2 aromatic rings. The minimum atomic E-state index is -1.92. The Kier molecular flexibility index (Phi) is 9.21. The van der Waals surface area contributed by atoms with E-state index in [4.69, 9.17) is 27.2 Å². The van der Waals surface area contributed by atoms with Gasteiger partial charge in [-0.2, -0.15) is 0 Å². The Morgan fingerprint density at radius 1 is 1.19 bits per heavy atom. The number of amides is 3. The number of aliphatic hydroxyl groups is 5. The van der Waals surface area contributed by atoms with Gasteiger partial charge < -0.3 is 46.6 Å². The van der Waals surface area contributed by atoms with Crippen LogP contribution in [0.3, 0.4) is 0 Å². The molecule has 176 valence electrons. The highest BCUT2D eigenvalue weighted by Gasteiger charge is 2.32. The van der Waals surface area contributed by atoms with Gasteiger partial charge in [-0.3, -0.25) is 4.79 Å². The summed E-state index contributed by atoms with van der Waals surface area (Å²) in [5.41, 5.74) is 5.93. The van der Waals surface area contributed by atoms with Crippen LogP contribution in [0.25, 0.3) is 10.4 Å². The first kappa shape index (κ1) is 25.8. The molecule has 4 atom stereocenters. The summed E-state index contributed by atoms with van der Waals surface area (Å²) in [5, 5.41) is 53.1. The van der Waals surface area contributed by atoms with Crippen molar-refractivity contribution in [1.29, 1.82) is 0 Å². The van der Waals surface area contributed by atoms with Crippen molar-refractivity contribution in [2.75, 3.05) is 19.0 Å². The summed E-state index contributed by atoms with van der Waals surface area (Å²) in [5.74, 6) is -0.445. The van der Waals surface area contributed by atoms with Gasteiger partial charge in [-0.15, -0.1) is 11.3 Å². The van der Waals surface area contributed by atoms with E-state index in [9.17, 15) is 30.0 Å². The molecule has 1 heterocycles. The van der Waals surface area contributed by atoms with Crippen molar-refractivity contribution in [3.05, 3.63) is 34.2 Å². The molecule has 3 amide bonds. The van der Waals surface area contributed by atoms with Crippen LogP contribution in [-0.2, 0) is 0 Å². The molecule has 0 radical (unpaired) electrons. The van der Waals surface area contributed by atoms with E-state index in [-0.39, 0.29) is 27.8 Å². The Balaban J connectivity index is 2.22. The van der Waals surface area contributed by atoms with E-state index in [2.05, 4.69) is 10.6 Å². The fraction of sp³-hybridized carbons (Fsp3) is 0.368. The zero-order valence-electron chi connectivity index (χ0n) is 16.9. The molecule has 1 aromatic carbocycles. The van der Waals surface area contributed by atoms with Crippen molar-refractivity contribution >= 4 is 40.6 Å². The molecule has 0 aliphatic carbocycles. The number of primary amides is 1. The van der Waals surface area contributed by atoms with Crippen molar-refractivity contribution in [3.63, 3.8) is 0 Å². The molecule has 0 spiro atoms. The predicted octanol–water partition coefficient (Wildman–Crippen LogP) is 0.0810. The number of nitrogens with two attached hydrogens (primary N) is 1. The summed E-state index contributed by atoms with van der Waals surface area (Å²) in [6, 6.07) is 5.14. The molecule has 9 N–H and O–H groups in total. The number of benzene rings is 1. The number of carbonyl (C=O) groups excluding carboxylic acids is 2. The second-order valence-corrected chi connectivity index (χ2v) is 8.10. The smallest absolute Gasteiger partial charge is 0.316 e. The van der Waals surface area contributed by atoms with E-state index in [0.717, 1.165) is 11.3 Å². The van der Waals surface area contributed by atoms with Gasteiger partial charge in [0.15, 0.2) is 0 Å². The second kappa shape index (κ2) is 11.4. The van der Waals surface area contributed by atoms with Crippen LogP contribution in [0.15, 0.2) is 24.3 Å². The van der Waals surface area contributed by atoms with Crippen LogP contribution in [0.2, 0.25) is 5.02 Å². The average Bonchev–Trinajstić information content (AvgIpc) is 3.16. The first-order chi connectivity index (χ1) is 15.1. The molecule has 0 bridgehead atoms. The van der Waals surface area contributed by atoms with Crippen molar-refractivity contribution < 1.29 is 39.9 Å². The van der Waals surface area contributed by atoms with Gasteiger partial charge in [0, 0.05) is 18.5 Å². The number of thiophene rings is 1. The summed E-state index contributed by atoms with van der Waals surface area (Å²) in [4.78, 5) is 24.1. The maximum atomic E-state index is 12.1. The number of aliphatic hydroxyl groups excluding tert-OH is 5. The Morgan fingerprint density at radius 3 is 2.44 bits per heavy atom. The third-order valence-electron chi connectivity index (χ3n) is 4.35. The number of carbonyl (C=O) groups is 2. The zero-order valence-corrected chi connectivity index (χ0v) is 18.4. The molecule has 0 aliphatic heterocycles. The van der Waals surface area contributed by atoms with Crippen molar-refractivity contribution in [2.24, 2.45) is 5.73 Å². The van der Waals surface area contributed by atoms with Crippen LogP contribution in [0, 0.1) is 0 Å². The van der Waals surface area contributed by atoms with E-state index >= 15 is 0 Å². The highest BCUT2D eigenvalue weighted by molar-refractivity contribution is 7.18. The largest absolute Gasteiger partial charge is 0.461 e. The molecule has 0 saturated carbocycles. The standard InChI is InChI=1S/C19H24ClN3O8S/c1-22-17(28)16-10(23-19(21)30)7-13(32-16)8-2-3-12(9(20)6-8)31-18(29)15(27)14(26)11(25)4-5-24/h2-3,6-7,11,14-15,18,24-27,29H,4-5H2,1H3,(H,22,28)(H3,21,23,30). The zero-order chi connectivity index (χ0) is 24.0. The first-order valence-corrected chi connectivity index (χ1v) is 10.5. The van der Waals surface area contributed by atoms with Gasteiger partial charge in [-0.05, 0) is 36.2 Å². The number of anilines is 1. The van der Waals surface area contributed by atoms with E-state index in [1.165, 1.54) is 19.2 Å². The number of ether oxygens (including phenoxy) is 1. The molecule has 4 unspecified atom stereocenters.